The van der Waals surface area contributed by atoms with Crippen LogP contribution >= 0.6 is 0 Å². The molecule has 1 aliphatic rings. The van der Waals surface area contributed by atoms with E-state index in [0.717, 1.165) is 25.7 Å². The van der Waals surface area contributed by atoms with Gasteiger partial charge in [0, 0.05) is 12.8 Å². The van der Waals surface area contributed by atoms with Crippen molar-refractivity contribution in [3.63, 3.8) is 0 Å². The Morgan fingerprint density at radius 3 is 2.38 bits per heavy atom. The lowest BCUT2D eigenvalue weighted by molar-refractivity contribution is -0.131. The highest BCUT2D eigenvalue weighted by Crippen LogP contribution is 2.14. The quantitative estimate of drug-likeness (QED) is 0.470. The number of rotatable bonds is 11. The summed E-state index contributed by atoms with van der Waals surface area (Å²) in [6.07, 6.45) is 10.7. The second-order valence-electron chi connectivity index (χ2n) is 6.07. The molecule has 1 amide bonds. The average Bonchev–Trinajstić information content (AvgIpc) is 2.83. The SMILES string of the molecule is CCCCCCCCCC(=O)CC(=O)N[C@H]1CCCC1=O. The van der Waals surface area contributed by atoms with Crippen LogP contribution in [0.1, 0.15) is 84.0 Å². The maximum Gasteiger partial charge on any atom is 0.228 e. The van der Waals surface area contributed by atoms with Gasteiger partial charge in [0.25, 0.3) is 0 Å². The number of Topliss-reactive ketones (excluding diaryl/α,β-unsaturated/α-hetero) is 2. The number of ketones is 2. The second kappa shape index (κ2) is 10.5. The van der Waals surface area contributed by atoms with Crippen LogP contribution in [0, 0.1) is 0 Å². The van der Waals surface area contributed by atoms with Gasteiger partial charge in [-0.1, -0.05) is 45.4 Å². The molecule has 1 aliphatic carbocycles. The summed E-state index contributed by atoms with van der Waals surface area (Å²) in [7, 11) is 0. The lowest BCUT2D eigenvalue weighted by atomic mass is 10.1. The summed E-state index contributed by atoms with van der Waals surface area (Å²) in [5.41, 5.74) is 0. The minimum absolute atomic E-state index is 0.00787. The average molecular weight is 295 g/mol. The van der Waals surface area contributed by atoms with Crippen molar-refractivity contribution >= 4 is 17.5 Å². The van der Waals surface area contributed by atoms with Gasteiger partial charge in [-0.25, -0.2) is 0 Å². The van der Waals surface area contributed by atoms with Crippen LogP contribution in [-0.4, -0.2) is 23.5 Å². The van der Waals surface area contributed by atoms with E-state index >= 15 is 0 Å². The van der Waals surface area contributed by atoms with Gasteiger partial charge in [-0.2, -0.15) is 0 Å². The van der Waals surface area contributed by atoms with Crippen molar-refractivity contribution in [2.24, 2.45) is 0 Å². The molecule has 1 atom stereocenters. The number of carbonyl (C=O) groups excluding carboxylic acids is 3. The fourth-order valence-electron chi connectivity index (χ4n) is 2.76. The van der Waals surface area contributed by atoms with Crippen molar-refractivity contribution in [2.45, 2.75) is 90.0 Å². The van der Waals surface area contributed by atoms with E-state index in [2.05, 4.69) is 12.2 Å². The summed E-state index contributed by atoms with van der Waals surface area (Å²) in [6, 6.07) is -0.344. The minimum Gasteiger partial charge on any atom is -0.346 e. The van der Waals surface area contributed by atoms with E-state index in [-0.39, 0.29) is 29.9 Å². The third-order valence-electron chi connectivity index (χ3n) is 4.06. The molecular formula is C17H29NO3. The summed E-state index contributed by atoms with van der Waals surface area (Å²) >= 11 is 0. The van der Waals surface area contributed by atoms with Gasteiger partial charge in [-0.15, -0.1) is 0 Å². The molecule has 0 unspecified atom stereocenters. The fraction of sp³-hybridized carbons (Fsp3) is 0.824. The highest BCUT2D eigenvalue weighted by molar-refractivity contribution is 6.00. The van der Waals surface area contributed by atoms with E-state index in [1.807, 2.05) is 0 Å². The zero-order valence-corrected chi connectivity index (χ0v) is 13.3. The van der Waals surface area contributed by atoms with Crippen molar-refractivity contribution in [1.29, 1.82) is 0 Å². The molecule has 0 bridgehead atoms. The first-order valence-electron chi connectivity index (χ1n) is 8.47. The maximum absolute atomic E-state index is 11.7. The van der Waals surface area contributed by atoms with Gasteiger partial charge in [-0.3, -0.25) is 14.4 Å². The number of unbranched alkanes of at least 4 members (excludes halogenated alkanes) is 6. The Morgan fingerprint density at radius 1 is 1.10 bits per heavy atom. The lowest BCUT2D eigenvalue weighted by Gasteiger charge is -2.10. The number of hydrogen-bond donors (Lipinski definition) is 1. The topological polar surface area (TPSA) is 63.2 Å². The lowest BCUT2D eigenvalue weighted by Crippen LogP contribution is -2.38. The number of amides is 1. The van der Waals surface area contributed by atoms with Crippen molar-refractivity contribution in [2.75, 3.05) is 0 Å². The van der Waals surface area contributed by atoms with Crippen LogP contribution < -0.4 is 5.32 Å². The minimum atomic E-state index is -0.344. The third kappa shape index (κ3) is 7.98. The van der Waals surface area contributed by atoms with E-state index in [4.69, 9.17) is 0 Å². The Bertz CT molecular complexity index is 352. The Labute approximate surface area is 128 Å². The molecule has 1 saturated carbocycles. The largest absolute Gasteiger partial charge is 0.346 e. The molecule has 4 nitrogen and oxygen atoms in total. The predicted octanol–water partition coefficient (Wildman–Crippen LogP) is 3.32. The number of hydrogen-bond acceptors (Lipinski definition) is 3. The summed E-state index contributed by atoms with van der Waals surface area (Å²) in [6.45, 7) is 2.20. The molecule has 0 aliphatic heterocycles. The Kier molecular flexibility index (Phi) is 8.95. The first-order valence-corrected chi connectivity index (χ1v) is 8.47. The molecule has 0 spiro atoms. The highest BCUT2D eigenvalue weighted by Gasteiger charge is 2.26. The van der Waals surface area contributed by atoms with Crippen LogP contribution in [0.5, 0.6) is 0 Å². The normalized spacial score (nSPS) is 18.0. The third-order valence-corrected chi connectivity index (χ3v) is 4.06. The van der Waals surface area contributed by atoms with Crippen molar-refractivity contribution in [3.05, 3.63) is 0 Å². The van der Waals surface area contributed by atoms with Crippen LogP contribution in [0.3, 0.4) is 0 Å². The predicted molar refractivity (Wildman–Crippen MR) is 83.0 cm³/mol. The van der Waals surface area contributed by atoms with Crippen molar-refractivity contribution in [1.82, 2.24) is 5.32 Å². The van der Waals surface area contributed by atoms with Gasteiger partial charge < -0.3 is 5.32 Å². The van der Waals surface area contributed by atoms with Crippen LogP contribution in [0.25, 0.3) is 0 Å². The zero-order chi connectivity index (χ0) is 15.5. The molecule has 0 aromatic heterocycles. The Morgan fingerprint density at radius 2 is 1.76 bits per heavy atom. The summed E-state index contributed by atoms with van der Waals surface area (Å²) in [5.74, 6) is -0.197. The Balaban J connectivity index is 2.02. The summed E-state index contributed by atoms with van der Waals surface area (Å²) < 4.78 is 0. The van der Waals surface area contributed by atoms with Gasteiger partial charge in [0.05, 0.1) is 12.5 Å². The van der Waals surface area contributed by atoms with Crippen molar-refractivity contribution in [3.8, 4) is 0 Å². The van der Waals surface area contributed by atoms with Crippen LogP contribution in [-0.2, 0) is 14.4 Å². The molecule has 0 aromatic rings. The van der Waals surface area contributed by atoms with E-state index in [1.54, 1.807) is 0 Å². The molecule has 4 heteroatoms. The first-order chi connectivity index (χ1) is 10.1. The fourth-order valence-corrected chi connectivity index (χ4v) is 2.76. The van der Waals surface area contributed by atoms with Crippen LogP contribution in [0.2, 0.25) is 0 Å². The second-order valence-corrected chi connectivity index (χ2v) is 6.07. The summed E-state index contributed by atoms with van der Waals surface area (Å²) in [4.78, 5) is 34.8. The van der Waals surface area contributed by atoms with E-state index in [9.17, 15) is 14.4 Å². The molecule has 0 radical (unpaired) electrons. The zero-order valence-electron chi connectivity index (χ0n) is 13.3. The molecule has 0 heterocycles. The number of nitrogens with one attached hydrogen (secondary N) is 1. The van der Waals surface area contributed by atoms with Crippen LogP contribution in [0.4, 0.5) is 0 Å². The molecule has 1 N–H and O–H groups in total. The van der Waals surface area contributed by atoms with E-state index < -0.39 is 0 Å². The van der Waals surface area contributed by atoms with Gasteiger partial charge >= 0.3 is 0 Å². The van der Waals surface area contributed by atoms with E-state index in [0.29, 0.717) is 12.8 Å². The molecule has 0 aromatic carbocycles. The molecule has 120 valence electrons. The van der Waals surface area contributed by atoms with Crippen molar-refractivity contribution < 1.29 is 14.4 Å². The van der Waals surface area contributed by atoms with E-state index in [1.165, 1.54) is 32.1 Å². The monoisotopic (exact) mass is 295 g/mol. The first kappa shape index (κ1) is 17.9. The standard InChI is InChI=1S/C17H29NO3/c1-2-3-4-5-6-7-8-10-14(19)13-17(21)18-15-11-9-12-16(15)20/h15H,2-13H2,1H3,(H,18,21)/t15-/m0/s1. The van der Waals surface area contributed by atoms with Gasteiger partial charge in [-0.05, 0) is 19.3 Å². The van der Waals surface area contributed by atoms with Gasteiger partial charge in [0.1, 0.15) is 5.78 Å². The summed E-state index contributed by atoms with van der Waals surface area (Å²) in [5, 5.41) is 2.67. The Hall–Kier alpha value is -1.19. The smallest absolute Gasteiger partial charge is 0.228 e. The molecule has 0 saturated heterocycles. The molecular weight excluding hydrogens is 266 g/mol. The van der Waals surface area contributed by atoms with Gasteiger partial charge in [0.15, 0.2) is 5.78 Å². The van der Waals surface area contributed by atoms with Crippen LogP contribution in [0.15, 0.2) is 0 Å². The number of carbonyl (C=O) groups is 3. The highest BCUT2D eigenvalue weighted by atomic mass is 16.2. The maximum atomic E-state index is 11.7. The van der Waals surface area contributed by atoms with Gasteiger partial charge in [0.2, 0.25) is 5.91 Å². The molecule has 1 rings (SSSR count). The molecule has 21 heavy (non-hydrogen) atoms. The molecule has 1 fully saturated rings.